The highest BCUT2D eigenvalue weighted by Crippen LogP contribution is 2.29. The molecule has 7 heteroatoms. The molecule has 0 radical (unpaired) electrons. The van der Waals surface area contributed by atoms with Crippen LogP contribution in [0.5, 0.6) is 0 Å². The third-order valence-corrected chi connectivity index (χ3v) is 5.12. The Morgan fingerprint density at radius 2 is 1.87 bits per heavy atom. The van der Waals surface area contributed by atoms with Gasteiger partial charge in [0.15, 0.2) is 0 Å². The van der Waals surface area contributed by atoms with E-state index in [1.807, 2.05) is 43.5 Å². The van der Waals surface area contributed by atoms with Gasteiger partial charge in [0.05, 0.1) is 11.8 Å². The molecule has 4 heterocycles. The number of aliphatic hydroxyl groups excluding tert-OH is 1. The molecule has 4 rings (SSSR count). The van der Waals surface area contributed by atoms with Crippen LogP contribution < -0.4 is 11.1 Å². The van der Waals surface area contributed by atoms with Crippen LogP contribution in [-0.4, -0.2) is 25.0 Å². The van der Waals surface area contributed by atoms with Crippen molar-refractivity contribution < 1.29 is 5.11 Å². The van der Waals surface area contributed by atoms with Crippen molar-refractivity contribution in [2.24, 2.45) is 0 Å². The Kier molecular flexibility index (Phi) is 5.54. The fourth-order valence-electron chi connectivity index (χ4n) is 3.43. The van der Waals surface area contributed by atoms with Crippen molar-refractivity contribution in [3.05, 3.63) is 66.2 Å². The molecule has 1 atom stereocenters. The molecule has 0 aliphatic carbocycles. The molecule has 30 heavy (non-hydrogen) atoms. The Labute approximate surface area is 175 Å². The van der Waals surface area contributed by atoms with Gasteiger partial charge in [-0.25, -0.2) is 15.0 Å². The van der Waals surface area contributed by atoms with Gasteiger partial charge in [0, 0.05) is 35.7 Å². The minimum atomic E-state index is -0.515. The molecule has 0 bridgehead atoms. The summed E-state index contributed by atoms with van der Waals surface area (Å²) in [7, 11) is 0. The SMILES string of the molecule is CCc1ccncc1-c1cc2cc(Nc3cc(C(O)CC)ccn3)ncc2c(N)n1. The molecule has 0 aromatic carbocycles. The Balaban J connectivity index is 1.72. The van der Waals surface area contributed by atoms with Gasteiger partial charge < -0.3 is 16.2 Å². The monoisotopic (exact) mass is 400 g/mol. The summed E-state index contributed by atoms with van der Waals surface area (Å²) in [5.74, 6) is 1.69. The molecule has 4 N–H and O–H groups in total. The van der Waals surface area contributed by atoms with Gasteiger partial charge in [-0.3, -0.25) is 4.98 Å². The topological polar surface area (TPSA) is 110 Å². The number of nitrogens with two attached hydrogens (primary N) is 1. The minimum Gasteiger partial charge on any atom is -0.388 e. The van der Waals surface area contributed by atoms with E-state index in [1.54, 1.807) is 18.6 Å². The normalized spacial score (nSPS) is 12.1. The van der Waals surface area contributed by atoms with Crippen molar-refractivity contribution in [3.63, 3.8) is 0 Å². The number of hydrogen-bond donors (Lipinski definition) is 3. The molecule has 0 aliphatic heterocycles. The van der Waals surface area contributed by atoms with E-state index in [-0.39, 0.29) is 0 Å². The number of hydrogen-bond acceptors (Lipinski definition) is 7. The lowest BCUT2D eigenvalue weighted by atomic mass is 10.0. The number of nitrogen functional groups attached to an aromatic ring is 1. The lowest BCUT2D eigenvalue weighted by Crippen LogP contribution is -2.01. The maximum atomic E-state index is 10.1. The average molecular weight is 400 g/mol. The lowest BCUT2D eigenvalue weighted by Gasteiger charge is -2.12. The van der Waals surface area contributed by atoms with Gasteiger partial charge in [0.1, 0.15) is 17.5 Å². The van der Waals surface area contributed by atoms with Crippen molar-refractivity contribution in [2.45, 2.75) is 32.8 Å². The highest BCUT2D eigenvalue weighted by atomic mass is 16.3. The van der Waals surface area contributed by atoms with E-state index in [0.29, 0.717) is 23.9 Å². The minimum absolute atomic E-state index is 0.429. The van der Waals surface area contributed by atoms with Crippen LogP contribution in [-0.2, 0) is 6.42 Å². The highest BCUT2D eigenvalue weighted by molar-refractivity contribution is 5.94. The fourth-order valence-corrected chi connectivity index (χ4v) is 3.43. The van der Waals surface area contributed by atoms with E-state index in [9.17, 15) is 5.11 Å². The van der Waals surface area contributed by atoms with Crippen LogP contribution in [0.3, 0.4) is 0 Å². The second kappa shape index (κ2) is 8.42. The summed E-state index contributed by atoms with van der Waals surface area (Å²) >= 11 is 0. The van der Waals surface area contributed by atoms with E-state index in [0.717, 1.165) is 34.0 Å². The molecular formula is C23H24N6O. The summed E-state index contributed by atoms with van der Waals surface area (Å²) in [5.41, 5.74) is 9.97. The molecule has 0 aliphatic rings. The zero-order chi connectivity index (χ0) is 21.1. The molecule has 4 aromatic rings. The quantitative estimate of drug-likeness (QED) is 0.439. The summed E-state index contributed by atoms with van der Waals surface area (Å²) < 4.78 is 0. The number of nitrogens with one attached hydrogen (secondary N) is 1. The fraction of sp³-hybridized carbons (Fsp3) is 0.217. The molecule has 0 saturated heterocycles. The maximum Gasteiger partial charge on any atom is 0.133 e. The molecule has 4 aromatic heterocycles. The number of rotatable bonds is 6. The number of pyridine rings is 4. The average Bonchev–Trinajstić information content (AvgIpc) is 2.78. The van der Waals surface area contributed by atoms with Crippen LogP contribution in [0.25, 0.3) is 22.0 Å². The molecule has 0 saturated carbocycles. The first kappa shape index (κ1) is 19.7. The Hall–Kier alpha value is -3.58. The molecule has 7 nitrogen and oxygen atoms in total. The van der Waals surface area contributed by atoms with Crippen molar-refractivity contribution >= 4 is 28.2 Å². The molecule has 0 spiro atoms. The Morgan fingerprint density at radius 1 is 1.03 bits per heavy atom. The predicted octanol–water partition coefficient (Wildman–Crippen LogP) is 4.42. The van der Waals surface area contributed by atoms with Gasteiger partial charge in [-0.2, -0.15) is 0 Å². The first-order valence-corrected chi connectivity index (χ1v) is 9.99. The van der Waals surface area contributed by atoms with Gasteiger partial charge in [-0.05, 0) is 59.7 Å². The standard InChI is InChI=1S/C23H24N6O/c1-3-14-5-7-25-12-17(14)19-9-16-11-22(27-13-18(16)23(24)28-19)29-21-10-15(6-8-26-21)20(30)4-2/h5-13,20,30H,3-4H2,1-2H3,(H2,24,28)(H,26,27,29). The zero-order valence-corrected chi connectivity index (χ0v) is 17.0. The molecular weight excluding hydrogens is 376 g/mol. The van der Waals surface area contributed by atoms with Crippen LogP contribution in [0, 0.1) is 0 Å². The number of fused-ring (bicyclic) bond motifs is 1. The van der Waals surface area contributed by atoms with E-state index < -0.39 is 6.10 Å². The van der Waals surface area contributed by atoms with E-state index in [1.165, 1.54) is 5.56 Å². The number of aryl methyl sites for hydroxylation is 1. The maximum absolute atomic E-state index is 10.1. The molecule has 0 fully saturated rings. The summed E-state index contributed by atoms with van der Waals surface area (Å²) in [6.45, 7) is 4.04. The molecule has 152 valence electrons. The van der Waals surface area contributed by atoms with Crippen LogP contribution in [0.4, 0.5) is 17.5 Å². The Bertz CT molecular complexity index is 1190. The van der Waals surface area contributed by atoms with Gasteiger partial charge in [0.25, 0.3) is 0 Å². The van der Waals surface area contributed by atoms with E-state index in [2.05, 4.69) is 32.2 Å². The van der Waals surface area contributed by atoms with Crippen molar-refractivity contribution in [1.82, 2.24) is 19.9 Å². The first-order valence-electron chi connectivity index (χ1n) is 9.99. The molecule has 0 amide bonds. The zero-order valence-electron chi connectivity index (χ0n) is 17.0. The van der Waals surface area contributed by atoms with Crippen molar-refractivity contribution in [3.8, 4) is 11.3 Å². The van der Waals surface area contributed by atoms with Crippen LogP contribution in [0.2, 0.25) is 0 Å². The first-order chi connectivity index (χ1) is 14.6. The second-order valence-electron chi connectivity index (χ2n) is 7.09. The van der Waals surface area contributed by atoms with Crippen LogP contribution >= 0.6 is 0 Å². The highest BCUT2D eigenvalue weighted by Gasteiger charge is 2.11. The number of aliphatic hydroxyl groups is 1. The van der Waals surface area contributed by atoms with E-state index >= 15 is 0 Å². The van der Waals surface area contributed by atoms with Gasteiger partial charge >= 0.3 is 0 Å². The lowest BCUT2D eigenvalue weighted by molar-refractivity contribution is 0.173. The second-order valence-corrected chi connectivity index (χ2v) is 7.09. The predicted molar refractivity (Wildman–Crippen MR) is 119 cm³/mol. The number of anilines is 3. The van der Waals surface area contributed by atoms with Crippen LogP contribution in [0.15, 0.2) is 55.1 Å². The third kappa shape index (κ3) is 3.92. The van der Waals surface area contributed by atoms with Gasteiger partial charge in [-0.1, -0.05) is 13.8 Å². The van der Waals surface area contributed by atoms with Gasteiger partial charge in [-0.15, -0.1) is 0 Å². The smallest absolute Gasteiger partial charge is 0.133 e. The van der Waals surface area contributed by atoms with Crippen LogP contribution in [0.1, 0.15) is 37.5 Å². The number of aromatic nitrogens is 4. The summed E-state index contributed by atoms with van der Waals surface area (Å²) in [6.07, 6.45) is 7.99. The summed E-state index contributed by atoms with van der Waals surface area (Å²) in [4.78, 5) is 17.6. The third-order valence-electron chi connectivity index (χ3n) is 5.12. The largest absolute Gasteiger partial charge is 0.388 e. The van der Waals surface area contributed by atoms with Crippen molar-refractivity contribution in [2.75, 3.05) is 11.1 Å². The van der Waals surface area contributed by atoms with Crippen molar-refractivity contribution in [1.29, 1.82) is 0 Å². The van der Waals surface area contributed by atoms with E-state index in [4.69, 9.17) is 5.73 Å². The number of nitrogens with zero attached hydrogens (tertiary/aromatic N) is 4. The summed E-state index contributed by atoms with van der Waals surface area (Å²) in [5, 5.41) is 15.0. The van der Waals surface area contributed by atoms with Gasteiger partial charge in [0.2, 0.25) is 0 Å². The Morgan fingerprint density at radius 3 is 2.67 bits per heavy atom. The molecule has 1 unspecified atom stereocenters. The summed E-state index contributed by atoms with van der Waals surface area (Å²) in [6, 6.07) is 9.56.